The Labute approximate surface area is 207 Å². The van der Waals surface area contributed by atoms with Gasteiger partial charge in [-0.3, -0.25) is 9.59 Å². The van der Waals surface area contributed by atoms with Gasteiger partial charge in [-0.2, -0.15) is 0 Å². The molecule has 0 unspecified atom stereocenters. The first-order chi connectivity index (χ1) is 16.9. The number of rotatable bonds is 6. The Bertz CT molecular complexity index is 1470. The Hall–Kier alpha value is -3.77. The maximum atomic E-state index is 13.7. The molecule has 5 rings (SSSR count). The van der Waals surface area contributed by atoms with Crippen molar-refractivity contribution >= 4 is 28.5 Å². The van der Waals surface area contributed by atoms with Crippen molar-refractivity contribution in [2.24, 2.45) is 0 Å². The number of fused-ring (bicyclic) bond motifs is 2. The molecule has 1 aromatic heterocycles. The van der Waals surface area contributed by atoms with Gasteiger partial charge in [0.2, 0.25) is 5.76 Å². The molecule has 178 valence electrons. The van der Waals surface area contributed by atoms with Gasteiger partial charge in [-0.15, -0.1) is 0 Å². The fourth-order valence-corrected chi connectivity index (χ4v) is 4.71. The van der Waals surface area contributed by atoms with Crippen molar-refractivity contribution in [1.82, 2.24) is 4.90 Å². The van der Waals surface area contributed by atoms with Gasteiger partial charge in [0, 0.05) is 11.6 Å². The van der Waals surface area contributed by atoms with Crippen molar-refractivity contribution in [2.45, 2.75) is 19.4 Å². The molecular weight excluding hydrogens is 466 g/mol. The van der Waals surface area contributed by atoms with Crippen LogP contribution in [0.4, 0.5) is 0 Å². The first kappa shape index (κ1) is 23.0. The van der Waals surface area contributed by atoms with Crippen molar-refractivity contribution in [3.8, 4) is 11.5 Å². The molecule has 6 nitrogen and oxygen atoms in total. The van der Waals surface area contributed by atoms with Crippen LogP contribution in [0.5, 0.6) is 11.5 Å². The zero-order chi connectivity index (χ0) is 24.7. The Morgan fingerprint density at radius 2 is 1.57 bits per heavy atom. The second-order valence-corrected chi connectivity index (χ2v) is 8.95. The topological polar surface area (TPSA) is 69.0 Å². The minimum Gasteiger partial charge on any atom is -0.497 e. The van der Waals surface area contributed by atoms with Gasteiger partial charge < -0.3 is 18.8 Å². The van der Waals surface area contributed by atoms with E-state index in [1.54, 1.807) is 31.3 Å². The summed E-state index contributed by atoms with van der Waals surface area (Å²) < 4.78 is 16.6. The van der Waals surface area contributed by atoms with Crippen LogP contribution in [0.3, 0.4) is 0 Å². The lowest BCUT2D eigenvalue weighted by Crippen LogP contribution is -2.31. The average Bonchev–Trinajstić information content (AvgIpc) is 3.16. The predicted octanol–water partition coefficient (Wildman–Crippen LogP) is 5.56. The number of amides is 1. The number of benzene rings is 3. The van der Waals surface area contributed by atoms with E-state index in [-0.39, 0.29) is 17.1 Å². The molecule has 1 aliphatic rings. The van der Waals surface area contributed by atoms with E-state index in [4.69, 9.17) is 25.5 Å². The molecule has 0 aliphatic carbocycles. The average molecular weight is 490 g/mol. The monoisotopic (exact) mass is 489 g/mol. The maximum absolute atomic E-state index is 13.7. The molecule has 0 radical (unpaired) electrons. The molecule has 7 heteroatoms. The van der Waals surface area contributed by atoms with Crippen LogP contribution in [0.1, 0.15) is 38.9 Å². The minimum absolute atomic E-state index is 0.0831. The molecule has 0 spiro atoms. The normalized spacial score (nSPS) is 14.9. The molecule has 0 N–H and O–H groups in total. The van der Waals surface area contributed by atoms with Crippen molar-refractivity contribution in [1.29, 1.82) is 0 Å². The fourth-order valence-electron chi connectivity index (χ4n) is 4.55. The first-order valence-electron chi connectivity index (χ1n) is 11.3. The number of carbonyl (C=O) groups is 1. The number of hydrogen-bond donors (Lipinski definition) is 0. The Morgan fingerprint density at radius 3 is 2.20 bits per heavy atom. The highest BCUT2D eigenvalue weighted by Gasteiger charge is 2.42. The Kier molecular flexibility index (Phi) is 5.99. The van der Waals surface area contributed by atoms with Gasteiger partial charge in [-0.05, 0) is 66.4 Å². The predicted molar refractivity (Wildman–Crippen MR) is 135 cm³/mol. The molecule has 0 fully saturated rings. The van der Waals surface area contributed by atoms with Gasteiger partial charge in [-0.1, -0.05) is 35.9 Å². The van der Waals surface area contributed by atoms with Gasteiger partial charge in [0.25, 0.3) is 5.91 Å². The summed E-state index contributed by atoms with van der Waals surface area (Å²) in [6.45, 7) is 2.24. The lowest BCUT2D eigenvalue weighted by Gasteiger charge is -2.25. The molecule has 2 heterocycles. The van der Waals surface area contributed by atoms with Crippen LogP contribution in [0.2, 0.25) is 5.02 Å². The SMILES string of the molecule is COc1ccc(CCN2C(=O)c3oc4cc(C)c(Cl)cc4c(=O)c3[C@@H]2c2ccc(OC)cc2)cc1. The quantitative estimate of drug-likeness (QED) is 0.354. The third kappa shape index (κ3) is 4.04. The summed E-state index contributed by atoms with van der Waals surface area (Å²) in [6.07, 6.45) is 0.606. The van der Waals surface area contributed by atoms with Crippen molar-refractivity contribution in [3.05, 3.63) is 104 Å². The van der Waals surface area contributed by atoms with E-state index in [0.29, 0.717) is 40.3 Å². The first-order valence-corrected chi connectivity index (χ1v) is 11.6. The van der Waals surface area contributed by atoms with Crippen molar-refractivity contribution in [3.63, 3.8) is 0 Å². The van der Waals surface area contributed by atoms with Gasteiger partial charge in [0.15, 0.2) is 5.43 Å². The number of carbonyl (C=O) groups excluding carboxylic acids is 1. The highest BCUT2D eigenvalue weighted by Crippen LogP contribution is 2.39. The number of nitrogens with zero attached hydrogens (tertiary/aromatic N) is 1. The van der Waals surface area contributed by atoms with E-state index >= 15 is 0 Å². The zero-order valence-electron chi connectivity index (χ0n) is 19.6. The molecule has 0 bridgehead atoms. The molecule has 1 aliphatic heterocycles. The van der Waals surface area contributed by atoms with Crippen LogP contribution >= 0.6 is 11.6 Å². The second-order valence-electron chi connectivity index (χ2n) is 8.54. The minimum atomic E-state index is -0.581. The summed E-state index contributed by atoms with van der Waals surface area (Å²) >= 11 is 6.31. The van der Waals surface area contributed by atoms with Crippen LogP contribution in [0.15, 0.2) is 69.9 Å². The Balaban J connectivity index is 1.61. The highest BCUT2D eigenvalue weighted by molar-refractivity contribution is 6.32. The third-order valence-electron chi connectivity index (χ3n) is 6.48. The zero-order valence-corrected chi connectivity index (χ0v) is 20.4. The molecule has 0 saturated carbocycles. The van der Waals surface area contributed by atoms with Crippen LogP contribution in [-0.4, -0.2) is 31.6 Å². The molecule has 35 heavy (non-hydrogen) atoms. The number of ether oxygens (including phenoxy) is 2. The van der Waals surface area contributed by atoms with E-state index in [1.807, 2.05) is 55.5 Å². The molecule has 1 amide bonds. The van der Waals surface area contributed by atoms with Gasteiger partial charge >= 0.3 is 0 Å². The molecule has 0 saturated heterocycles. The molecule has 3 aromatic carbocycles. The lowest BCUT2D eigenvalue weighted by atomic mass is 9.98. The summed E-state index contributed by atoms with van der Waals surface area (Å²) in [5.74, 6) is 1.24. The summed E-state index contributed by atoms with van der Waals surface area (Å²) in [6, 6.07) is 17.8. The third-order valence-corrected chi connectivity index (χ3v) is 6.89. The van der Waals surface area contributed by atoms with Crippen LogP contribution < -0.4 is 14.9 Å². The number of halogens is 1. The summed E-state index contributed by atoms with van der Waals surface area (Å²) in [5.41, 5.74) is 3.07. The van der Waals surface area contributed by atoms with Crippen molar-refractivity contribution in [2.75, 3.05) is 20.8 Å². The standard InChI is InChI=1S/C28H24ClNO5/c1-16-14-23-21(15-22(16)29)26(31)24-25(18-6-10-20(34-3)11-7-18)30(28(32)27(24)35-23)13-12-17-4-8-19(33-2)9-5-17/h4-11,14-15,25H,12-13H2,1-3H3/t25-/m0/s1. The van der Waals surface area contributed by atoms with E-state index in [9.17, 15) is 9.59 Å². The number of hydrogen-bond acceptors (Lipinski definition) is 5. The fraction of sp³-hybridized carbons (Fsp3) is 0.214. The molecule has 1 atom stereocenters. The number of methoxy groups -OCH3 is 2. The van der Waals surface area contributed by atoms with E-state index in [0.717, 1.165) is 22.4 Å². The van der Waals surface area contributed by atoms with Crippen LogP contribution in [0.25, 0.3) is 11.0 Å². The van der Waals surface area contributed by atoms with Crippen molar-refractivity contribution < 1.29 is 18.7 Å². The highest BCUT2D eigenvalue weighted by atomic mass is 35.5. The van der Waals surface area contributed by atoms with Gasteiger partial charge in [0.1, 0.15) is 17.1 Å². The molecular formula is C28H24ClNO5. The lowest BCUT2D eigenvalue weighted by molar-refractivity contribution is 0.0730. The summed E-state index contributed by atoms with van der Waals surface area (Å²) in [7, 11) is 3.22. The van der Waals surface area contributed by atoms with Gasteiger partial charge in [0.05, 0.1) is 31.2 Å². The largest absolute Gasteiger partial charge is 0.497 e. The summed E-state index contributed by atoms with van der Waals surface area (Å²) in [4.78, 5) is 29.0. The number of aryl methyl sites for hydroxylation is 1. The van der Waals surface area contributed by atoms with E-state index in [1.165, 1.54) is 0 Å². The van der Waals surface area contributed by atoms with E-state index < -0.39 is 6.04 Å². The Morgan fingerprint density at radius 1 is 0.943 bits per heavy atom. The molecule has 4 aromatic rings. The van der Waals surface area contributed by atoms with Crippen LogP contribution in [-0.2, 0) is 6.42 Å². The van der Waals surface area contributed by atoms with E-state index in [2.05, 4.69) is 0 Å². The smallest absolute Gasteiger partial charge is 0.290 e. The van der Waals surface area contributed by atoms with Gasteiger partial charge in [-0.25, -0.2) is 0 Å². The summed E-state index contributed by atoms with van der Waals surface area (Å²) in [5, 5.41) is 0.842. The van der Waals surface area contributed by atoms with Crippen LogP contribution in [0, 0.1) is 6.92 Å². The second kappa shape index (κ2) is 9.12. The maximum Gasteiger partial charge on any atom is 0.290 e.